The Morgan fingerprint density at radius 2 is 1.82 bits per heavy atom. The number of thioether (sulfide) groups is 1. The van der Waals surface area contributed by atoms with Gasteiger partial charge in [-0.25, -0.2) is 4.98 Å². The van der Waals surface area contributed by atoms with Crippen LogP contribution in [0.4, 0.5) is 0 Å². The van der Waals surface area contributed by atoms with E-state index in [-0.39, 0.29) is 22.8 Å². The molecular formula is C22H25N3O2S. The molecule has 3 aromatic rings. The first-order valence-electron chi connectivity index (χ1n) is 9.19. The lowest BCUT2D eigenvalue weighted by Gasteiger charge is -2.20. The number of benzene rings is 2. The maximum atomic E-state index is 13.2. The van der Waals surface area contributed by atoms with Crippen LogP contribution in [0.1, 0.15) is 31.9 Å². The highest BCUT2D eigenvalue weighted by molar-refractivity contribution is 7.99. The van der Waals surface area contributed by atoms with Crippen molar-refractivity contribution < 1.29 is 4.79 Å². The summed E-state index contributed by atoms with van der Waals surface area (Å²) < 4.78 is 1.60. The molecule has 0 spiro atoms. The van der Waals surface area contributed by atoms with Crippen molar-refractivity contribution in [2.24, 2.45) is 0 Å². The normalized spacial score (nSPS) is 11.6. The fraction of sp³-hybridized carbons (Fsp3) is 0.318. The second kappa shape index (κ2) is 7.80. The molecule has 0 unspecified atom stereocenters. The van der Waals surface area contributed by atoms with E-state index in [0.717, 1.165) is 16.8 Å². The monoisotopic (exact) mass is 395 g/mol. The maximum absolute atomic E-state index is 13.2. The van der Waals surface area contributed by atoms with E-state index in [0.29, 0.717) is 16.1 Å². The van der Waals surface area contributed by atoms with E-state index in [2.05, 4.69) is 10.3 Å². The minimum absolute atomic E-state index is 0.0912. The van der Waals surface area contributed by atoms with E-state index < -0.39 is 0 Å². The Morgan fingerprint density at radius 3 is 2.50 bits per heavy atom. The van der Waals surface area contributed by atoms with Gasteiger partial charge < -0.3 is 5.32 Å². The molecule has 0 aliphatic carbocycles. The van der Waals surface area contributed by atoms with E-state index in [4.69, 9.17) is 0 Å². The Labute approximate surface area is 169 Å². The molecule has 0 fully saturated rings. The second-order valence-corrected chi connectivity index (χ2v) is 8.85. The van der Waals surface area contributed by atoms with Crippen LogP contribution in [0, 0.1) is 13.8 Å². The summed E-state index contributed by atoms with van der Waals surface area (Å²) in [7, 11) is 0. The summed E-state index contributed by atoms with van der Waals surface area (Å²) in [5.41, 5.74) is 3.20. The third-order valence-corrected chi connectivity index (χ3v) is 5.28. The number of nitrogens with one attached hydrogen (secondary N) is 1. The quantitative estimate of drug-likeness (QED) is 0.535. The summed E-state index contributed by atoms with van der Waals surface area (Å²) in [5.74, 6) is 0.0962. The Bertz CT molecular complexity index is 1100. The number of amides is 1. The molecule has 1 N–H and O–H groups in total. The van der Waals surface area contributed by atoms with Gasteiger partial charge in [0.2, 0.25) is 5.91 Å². The molecular weight excluding hydrogens is 370 g/mol. The molecule has 1 aromatic heterocycles. The summed E-state index contributed by atoms with van der Waals surface area (Å²) in [6.07, 6.45) is 0. The fourth-order valence-corrected chi connectivity index (χ4v) is 3.70. The standard InChI is InChI=1S/C22H25N3O2S/c1-14-10-11-16(12-15(14)2)25-20(27)17-8-6-7-9-18(17)23-21(25)28-13-19(26)24-22(3,4)5/h6-12H,13H2,1-5H3,(H,24,26). The van der Waals surface area contributed by atoms with Crippen molar-refractivity contribution in [3.8, 4) is 5.69 Å². The summed E-state index contributed by atoms with van der Waals surface area (Å²) >= 11 is 1.27. The van der Waals surface area contributed by atoms with Crippen molar-refractivity contribution in [1.29, 1.82) is 0 Å². The summed E-state index contributed by atoms with van der Waals surface area (Å²) in [4.78, 5) is 30.2. The largest absolute Gasteiger partial charge is 0.351 e. The van der Waals surface area contributed by atoms with Crippen molar-refractivity contribution in [2.75, 3.05) is 5.75 Å². The van der Waals surface area contributed by atoms with E-state index in [1.165, 1.54) is 11.8 Å². The number of aryl methyl sites for hydroxylation is 2. The second-order valence-electron chi connectivity index (χ2n) is 7.91. The van der Waals surface area contributed by atoms with Crippen LogP contribution >= 0.6 is 11.8 Å². The van der Waals surface area contributed by atoms with Crippen molar-refractivity contribution in [1.82, 2.24) is 14.9 Å². The highest BCUT2D eigenvalue weighted by Crippen LogP contribution is 2.22. The Balaban J connectivity index is 2.08. The van der Waals surface area contributed by atoms with Gasteiger partial charge in [-0.3, -0.25) is 14.2 Å². The van der Waals surface area contributed by atoms with Gasteiger partial charge in [-0.1, -0.05) is 30.0 Å². The zero-order valence-corrected chi connectivity index (χ0v) is 17.7. The van der Waals surface area contributed by atoms with Crippen molar-refractivity contribution in [2.45, 2.75) is 45.3 Å². The SMILES string of the molecule is Cc1ccc(-n2c(SCC(=O)NC(C)(C)C)nc3ccccc3c2=O)cc1C. The molecule has 0 saturated heterocycles. The molecule has 0 aliphatic heterocycles. The van der Waals surface area contributed by atoms with Crippen LogP contribution in [0.3, 0.4) is 0 Å². The number of para-hydroxylation sites is 1. The molecule has 0 radical (unpaired) electrons. The van der Waals surface area contributed by atoms with E-state index in [1.54, 1.807) is 10.6 Å². The molecule has 0 saturated carbocycles. The van der Waals surface area contributed by atoms with Gasteiger partial charge in [0, 0.05) is 5.54 Å². The predicted molar refractivity (Wildman–Crippen MR) is 115 cm³/mol. The summed E-state index contributed by atoms with van der Waals surface area (Å²) in [6, 6.07) is 13.2. The fourth-order valence-electron chi connectivity index (χ4n) is 2.89. The lowest BCUT2D eigenvalue weighted by molar-refractivity contribution is -0.119. The van der Waals surface area contributed by atoms with Crippen molar-refractivity contribution in [3.05, 3.63) is 63.9 Å². The number of hydrogen-bond acceptors (Lipinski definition) is 4. The minimum atomic E-state index is -0.303. The molecule has 5 nitrogen and oxygen atoms in total. The van der Waals surface area contributed by atoms with Gasteiger partial charge in [-0.15, -0.1) is 0 Å². The third-order valence-electron chi connectivity index (χ3n) is 4.34. The van der Waals surface area contributed by atoms with Crippen LogP contribution in [-0.2, 0) is 4.79 Å². The Morgan fingerprint density at radius 1 is 1.11 bits per heavy atom. The average molecular weight is 396 g/mol. The molecule has 0 atom stereocenters. The highest BCUT2D eigenvalue weighted by atomic mass is 32.2. The molecule has 2 aromatic carbocycles. The molecule has 1 heterocycles. The van der Waals surface area contributed by atoms with Gasteiger partial charge in [-0.2, -0.15) is 0 Å². The van der Waals surface area contributed by atoms with Crippen LogP contribution in [0.2, 0.25) is 0 Å². The smallest absolute Gasteiger partial charge is 0.266 e. The predicted octanol–water partition coefficient (Wildman–Crippen LogP) is 4.01. The van der Waals surface area contributed by atoms with Crippen LogP contribution < -0.4 is 10.9 Å². The van der Waals surface area contributed by atoms with Crippen LogP contribution in [0.15, 0.2) is 52.4 Å². The van der Waals surface area contributed by atoms with E-state index in [1.807, 2.05) is 71.0 Å². The van der Waals surface area contributed by atoms with Crippen molar-refractivity contribution in [3.63, 3.8) is 0 Å². The van der Waals surface area contributed by atoms with Gasteiger partial charge in [0.05, 0.1) is 22.3 Å². The number of hydrogen-bond donors (Lipinski definition) is 1. The zero-order valence-electron chi connectivity index (χ0n) is 16.9. The Kier molecular flexibility index (Phi) is 5.61. The van der Waals surface area contributed by atoms with Gasteiger partial charge >= 0.3 is 0 Å². The van der Waals surface area contributed by atoms with Gasteiger partial charge in [0.25, 0.3) is 5.56 Å². The van der Waals surface area contributed by atoms with Crippen LogP contribution in [0.5, 0.6) is 0 Å². The minimum Gasteiger partial charge on any atom is -0.351 e. The van der Waals surface area contributed by atoms with Gasteiger partial charge in [0.1, 0.15) is 0 Å². The lowest BCUT2D eigenvalue weighted by Crippen LogP contribution is -2.41. The maximum Gasteiger partial charge on any atom is 0.266 e. The lowest BCUT2D eigenvalue weighted by atomic mass is 10.1. The van der Waals surface area contributed by atoms with Crippen molar-refractivity contribution >= 4 is 28.6 Å². The number of nitrogens with zero attached hydrogens (tertiary/aromatic N) is 2. The summed E-state index contributed by atoms with van der Waals surface area (Å²) in [6.45, 7) is 9.87. The average Bonchev–Trinajstić information content (AvgIpc) is 2.61. The first kappa shape index (κ1) is 20.1. The molecule has 0 aliphatic rings. The number of carbonyl (C=O) groups is 1. The van der Waals surface area contributed by atoms with Gasteiger partial charge in [0.15, 0.2) is 5.16 Å². The van der Waals surface area contributed by atoms with Crippen LogP contribution in [0.25, 0.3) is 16.6 Å². The first-order valence-corrected chi connectivity index (χ1v) is 10.2. The zero-order chi connectivity index (χ0) is 20.5. The molecule has 28 heavy (non-hydrogen) atoms. The Hall–Kier alpha value is -2.60. The first-order chi connectivity index (χ1) is 13.2. The van der Waals surface area contributed by atoms with E-state index in [9.17, 15) is 9.59 Å². The topological polar surface area (TPSA) is 64.0 Å². The summed E-state index contributed by atoms with van der Waals surface area (Å²) in [5, 5.41) is 4.01. The molecule has 3 rings (SSSR count). The molecule has 1 amide bonds. The van der Waals surface area contributed by atoms with Gasteiger partial charge in [-0.05, 0) is 70.0 Å². The third kappa shape index (κ3) is 4.44. The molecule has 146 valence electrons. The molecule has 0 bridgehead atoms. The van der Waals surface area contributed by atoms with E-state index >= 15 is 0 Å². The van der Waals surface area contributed by atoms with Crippen LogP contribution in [-0.4, -0.2) is 26.8 Å². The highest BCUT2D eigenvalue weighted by Gasteiger charge is 2.17. The number of carbonyl (C=O) groups excluding carboxylic acids is 1. The molecule has 6 heteroatoms. The number of fused-ring (bicyclic) bond motifs is 1. The number of aromatic nitrogens is 2. The number of rotatable bonds is 4.